The van der Waals surface area contributed by atoms with Crippen LogP contribution in [0.3, 0.4) is 0 Å². The highest BCUT2D eigenvalue weighted by Gasteiger charge is 2.00. The number of rotatable bonds is 7. The maximum absolute atomic E-state index is 5.79. The monoisotopic (exact) mass is 235 g/mol. The zero-order valence-corrected chi connectivity index (χ0v) is 11.5. The molecule has 1 N–H and O–H groups in total. The summed E-state index contributed by atoms with van der Waals surface area (Å²) in [4.78, 5) is 0. The lowest BCUT2D eigenvalue weighted by molar-refractivity contribution is 0.303. The van der Waals surface area contributed by atoms with Crippen LogP contribution in [0.1, 0.15) is 37.8 Å². The van der Waals surface area contributed by atoms with Gasteiger partial charge < -0.3 is 10.1 Å². The fourth-order valence-corrected chi connectivity index (χ4v) is 1.61. The second-order valence-corrected chi connectivity index (χ2v) is 4.73. The van der Waals surface area contributed by atoms with Gasteiger partial charge in [-0.25, -0.2) is 0 Å². The summed E-state index contributed by atoms with van der Waals surface area (Å²) in [6.45, 7) is 10.4. The Morgan fingerprint density at radius 2 is 2.06 bits per heavy atom. The van der Waals surface area contributed by atoms with Crippen LogP contribution >= 0.6 is 0 Å². The minimum atomic E-state index is 0.607. The van der Waals surface area contributed by atoms with Gasteiger partial charge in [-0.2, -0.15) is 0 Å². The third-order valence-corrected chi connectivity index (χ3v) is 3.03. The molecule has 0 aliphatic rings. The molecule has 0 radical (unpaired) electrons. The Balaban J connectivity index is 2.24. The van der Waals surface area contributed by atoms with Gasteiger partial charge in [-0.3, -0.25) is 0 Å². The lowest BCUT2D eigenvalue weighted by atomic mass is 10.1. The Morgan fingerprint density at radius 3 is 2.76 bits per heavy atom. The van der Waals surface area contributed by atoms with E-state index in [1.54, 1.807) is 0 Å². The van der Waals surface area contributed by atoms with E-state index in [1.807, 2.05) is 0 Å². The first-order valence-corrected chi connectivity index (χ1v) is 6.57. The second-order valence-electron chi connectivity index (χ2n) is 4.73. The second kappa shape index (κ2) is 7.33. The van der Waals surface area contributed by atoms with Gasteiger partial charge in [0.25, 0.3) is 0 Å². The van der Waals surface area contributed by atoms with Crippen molar-refractivity contribution < 1.29 is 4.74 Å². The highest BCUT2D eigenvalue weighted by atomic mass is 16.5. The molecule has 0 aliphatic carbocycles. The van der Waals surface area contributed by atoms with Gasteiger partial charge in [0.2, 0.25) is 0 Å². The molecule has 1 rings (SSSR count). The van der Waals surface area contributed by atoms with Crippen LogP contribution in [-0.2, 0) is 0 Å². The quantitative estimate of drug-likeness (QED) is 0.731. The summed E-state index contributed by atoms with van der Waals surface area (Å²) in [5, 5.41) is 3.46. The first-order chi connectivity index (χ1) is 8.13. The molecule has 17 heavy (non-hydrogen) atoms. The van der Waals surface area contributed by atoms with E-state index in [2.05, 4.69) is 51.2 Å². The van der Waals surface area contributed by atoms with E-state index in [-0.39, 0.29) is 0 Å². The van der Waals surface area contributed by atoms with Crippen molar-refractivity contribution in [1.29, 1.82) is 0 Å². The first kappa shape index (κ1) is 14.0. The zero-order chi connectivity index (χ0) is 12.7. The Morgan fingerprint density at radius 1 is 1.29 bits per heavy atom. The van der Waals surface area contributed by atoms with E-state index in [9.17, 15) is 0 Å². The number of aryl methyl sites for hydroxylation is 2. The fraction of sp³-hybridized carbons (Fsp3) is 0.600. The van der Waals surface area contributed by atoms with Crippen LogP contribution in [0.4, 0.5) is 0 Å². The van der Waals surface area contributed by atoms with Crippen LogP contribution < -0.4 is 10.1 Å². The molecule has 0 amide bonds. The number of ether oxygens (including phenoxy) is 1. The molecule has 1 aromatic carbocycles. The third kappa shape index (κ3) is 5.22. The molecule has 0 saturated heterocycles. The van der Waals surface area contributed by atoms with E-state index in [0.717, 1.165) is 25.3 Å². The Labute approximate surface area is 105 Å². The molecule has 1 aromatic rings. The molecule has 0 bridgehead atoms. The maximum Gasteiger partial charge on any atom is 0.122 e. The minimum absolute atomic E-state index is 0.607. The summed E-state index contributed by atoms with van der Waals surface area (Å²) in [6, 6.07) is 6.95. The average Bonchev–Trinajstić information content (AvgIpc) is 2.32. The van der Waals surface area contributed by atoms with E-state index in [0.29, 0.717) is 6.04 Å². The van der Waals surface area contributed by atoms with Gasteiger partial charge in [0.1, 0.15) is 5.75 Å². The predicted molar refractivity (Wildman–Crippen MR) is 73.8 cm³/mol. The minimum Gasteiger partial charge on any atom is -0.493 e. The summed E-state index contributed by atoms with van der Waals surface area (Å²) >= 11 is 0. The number of hydrogen-bond acceptors (Lipinski definition) is 2. The Bertz CT molecular complexity index is 336. The fourth-order valence-electron chi connectivity index (χ4n) is 1.61. The van der Waals surface area contributed by atoms with Crippen molar-refractivity contribution >= 4 is 0 Å². The van der Waals surface area contributed by atoms with Crippen molar-refractivity contribution in [2.24, 2.45) is 0 Å². The third-order valence-electron chi connectivity index (χ3n) is 3.03. The Kier molecular flexibility index (Phi) is 6.06. The zero-order valence-electron chi connectivity index (χ0n) is 11.5. The van der Waals surface area contributed by atoms with Gasteiger partial charge in [-0.05, 0) is 57.4 Å². The van der Waals surface area contributed by atoms with Crippen molar-refractivity contribution in [3.63, 3.8) is 0 Å². The summed E-state index contributed by atoms with van der Waals surface area (Å²) in [5.41, 5.74) is 2.47. The molecule has 0 fully saturated rings. The molecule has 0 spiro atoms. The van der Waals surface area contributed by atoms with Crippen LogP contribution in [0.5, 0.6) is 5.75 Å². The van der Waals surface area contributed by atoms with E-state index in [1.165, 1.54) is 17.5 Å². The standard InChI is InChI=1S/C15H25NO/c1-5-14(4)16-9-6-10-17-15-11-12(2)7-8-13(15)3/h7-8,11,14,16H,5-6,9-10H2,1-4H3. The van der Waals surface area contributed by atoms with Crippen molar-refractivity contribution in [1.82, 2.24) is 5.32 Å². The lowest BCUT2D eigenvalue weighted by Crippen LogP contribution is -2.27. The summed E-state index contributed by atoms with van der Waals surface area (Å²) in [6.07, 6.45) is 2.23. The van der Waals surface area contributed by atoms with Crippen molar-refractivity contribution in [2.45, 2.75) is 46.6 Å². The van der Waals surface area contributed by atoms with Crippen LogP contribution in [0, 0.1) is 13.8 Å². The van der Waals surface area contributed by atoms with Crippen LogP contribution in [-0.4, -0.2) is 19.2 Å². The van der Waals surface area contributed by atoms with E-state index < -0.39 is 0 Å². The highest BCUT2D eigenvalue weighted by molar-refractivity contribution is 5.35. The SMILES string of the molecule is CCC(C)NCCCOc1cc(C)ccc1C. The number of nitrogens with one attached hydrogen (secondary N) is 1. The smallest absolute Gasteiger partial charge is 0.122 e. The summed E-state index contributed by atoms with van der Waals surface area (Å²) in [5.74, 6) is 1.02. The average molecular weight is 235 g/mol. The summed E-state index contributed by atoms with van der Waals surface area (Å²) < 4.78 is 5.79. The van der Waals surface area contributed by atoms with Crippen molar-refractivity contribution in [3.05, 3.63) is 29.3 Å². The first-order valence-electron chi connectivity index (χ1n) is 6.57. The van der Waals surface area contributed by atoms with Gasteiger partial charge in [-0.1, -0.05) is 19.1 Å². The maximum atomic E-state index is 5.79. The largest absolute Gasteiger partial charge is 0.493 e. The number of benzene rings is 1. The molecule has 0 aliphatic heterocycles. The van der Waals surface area contributed by atoms with Crippen LogP contribution in [0.2, 0.25) is 0 Å². The Hall–Kier alpha value is -1.02. The van der Waals surface area contributed by atoms with E-state index in [4.69, 9.17) is 4.74 Å². The molecular weight excluding hydrogens is 210 g/mol. The highest BCUT2D eigenvalue weighted by Crippen LogP contribution is 2.18. The number of hydrogen-bond donors (Lipinski definition) is 1. The van der Waals surface area contributed by atoms with Gasteiger partial charge in [0.05, 0.1) is 6.61 Å². The van der Waals surface area contributed by atoms with E-state index >= 15 is 0 Å². The van der Waals surface area contributed by atoms with Crippen molar-refractivity contribution in [2.75, 3.05) is 13.2 Å². The van der Waals surface area contributed by atoms with Crippen LogP contribution in [0.15, 0.2) is 18.2 Å². The van der Waals surface area contributed by atoms with Gasteiger partial charge in [0, 0.05) is 6.04 Å². The lowest BCUT2D eigenvalue weighted by Gasteiger charge is -2.12. The molecule has 2 heteroatoms. The molecule has 1 unspecified atom stereocenters. The van der Waals surface area contributed by atoms with Gasteiger partial charge in [-0.15, -0.1) is 0 Å². The normalized spacial score (nSPS) is 12.5. The van der Waals surface area contributed by atoms with Gasteiger partial charge in [0.15, 0.2) is 0 Å². The van der Waals surface area contributed by atoms with Gasteiger partial charge >= 0.3 is 0 Å². The molecule has 0 saturated carbocycles. The van der Waals surface area contributed by atoms with Crippen molar-refractivity contribution in [3.8, 4) is 5.75 Å². The molecule has 0 heterocycles. The molecular formula is C15H25NO. The molecule has 0 aromatic heterocycles. The summed E-state index contributed by atoms with van der Waals surface area (Å²) in [7, 11) is 0. The van der Waals surface area contributed by atoms with Crippen LogP contribution in [0.25, 0.3) is 0 Å². The molecule has 1 atom stereocenters. The topological polar surface area (TPSA) is 21.3 Å². The molecule has 96 valence electrons. The predicted octanol–water partition coefficient (Wildman–Crippen LogP) is 3.46. The molecule has 2 nitrogen and oxygen atoms in total.